The third-order valence-corrected chi connectivity index (χ3v) is 3.55. The van der Waals surface area contributed by atoms with Gasteiger partial charge in [0.25, 0.3) is 0 Å². The van der Waals surface area contributed by atoms with Gasteiger partial charge in [-0.1, -0.05) is 0 Å². The van der Waals surface area contributed by atoms with E-state index in [4.69, 9.17) is 0 Å². The Morgan fingerprint density at radius 1 is 1.29 bits per heavy atom. The maximum atomic E-state index is 11.9. The van der Waals surface area contributed by atoms with Crippen molar-refractivity contribution in [1.82, 2.24) is 15.5 Å². The summed E-state index contributed by atoms with van der Waals surface area (Å²) in [5, 5.41) is 6.37. The molecule has 102 valence electrons. The van der Waals surface area contributed by atoms with Crippen LogP contribution in [0.25, 0.3) is 0 Å². The lowest BCUT2D eigenvalue weighted by Gasteiger charge is -2.36. The van der Waals surface area contributed by atoms with E-state index in [-0.39, 0.29) is 30.7 Å². The molecule has 6 heteroatoms. The molecule has 0 aromatic heterocycles. The van der Waals surface area contributed by atoms with Crippen LogP contribution in [-0.4, -0.2) is 50.6 Å². The molecule has 0 bridgehead atoms. The van der Waals surface area contributed by atoms with E-state index in [1.165, 1.54) is 0 Å². The van der Waals surface area contributed by atoms with Crippen LogP contribution in [0.1, 0.15) is 12.8 Å². The van der Waals surface area contributed by atoms with Crippen LogP contribution in [0.15, 0.2) is 0 Å². The summed E-state index contributed by atoms with van der Waals surface area (Å²) in [5.41, 5.74) is 0. The minimum absolute atomic E-state index is 0. The molecular formula is C11H23Cl2N3O. The van der Waals surface area contributed by atoms with Crippen LogP contribution in [0.3, 0.4) is 0 Å². The fourth-order valence-electron chi connectivity index (χ4n) is 2.37. The first-order chi connectivity index (χ1) is 7.31. The van der Waals surface area contributed by atoms with Gasteiger partial charge in [0.15, 0.2) is 0 Å². The second-order valence-corrected chi connectivity index (χ2v) is 4.68. The summed E-state index contributed by atoms with van der Waals surface area (Å²) >= 11 is 0. The third-order valence-electron chi connectivity index (χ3n) is 3.55. The number of likely N-dealkylation sites (tertiary alicyclic amines) is 1. The van der Waals surface area contributed by atoms with Crippen molar-refractivity contribution >= 4 is 30.7 Å². The van der Waals surface area contributed by atoms with Gasteiger partial charge in [-0.3, -0.25) is 4.79 Å². The average molecular weight is 284 g/mol. The number of piperidine rings is 1. The molecule has 2 N–H and O–H groups in total. The zero-order chi connectivity index (χ0) is 10.7. The van der Waals surface area contributed by atoms with E-state index in [1.807, 2.05) is 7.05 Å². The van der Waals surface area contributed by atoms with Gasteiger partial charge in [0.05, 0.1) is 5.92 Å². The largest absolute Gasteiger partial charge is 0.342 e. The molecule has 2 rings (SSSR count). The van der Waals surface area contributed by atoms with Crippen molar-refractivity contribution in [2.75, 3.05) is 39.8 Å². The Bertz CT molecular complexity index is 229. The number of nitrogens with one attached hydrogen (secondary N) is 2. The van der Waals surface area contributed by atoms with Crippen molar-refractivity contribution in [1.29, 1.82) is 0 Å². The quantitative estimate of drug-likeness (QED) is 0.793. The predicted molar refractivity (Wildman–Crippen MR) is 74.1 cm³/mol. The summed E-state index contributed by atoms with van der Waals surface area (Å²) in [4.78, 5) is 14.0. The van der Waals surface area contributed by atoms with E-state index < -0.39 is 0 Å². The van der Waals surface area contributed by atoms with Gasteiger partial charge in [0.2, 0.25) is 5.91 Å². The molecule has 2 aliphatic heterocycles. The molecule has 2 saturated heterocycles. The zero-order valence-corrected chi connectivity index (χ0v) is 11.9. The highest BCUT2D eigenvalue weighted by Crippen LogP contribution is 2.19. The molecular weight excluding hydrogens is 261 g/mol. The van der Waals surface area contributed by atoms with E-state index in [0.29, 0.717) is 5.91 Å². The van der Waals surface area contributed by atoms with E-state index >= 15 is 0 Å². The number of hydrogen-bond acceptors (Lipinski definition) is 3. The van der Waals surface area contributed by atoms with Crippen molar-refractivity contribution < 1.29 is 4.79 Å². The van der Waals surface area contributed by atoms with Crippen LogP contribution in [0.2, 0.25) is 0 Å². The number of amides is 1. The molecule has 2 aliphatic rings. The van der Waals surface area contributed by atoms with E-state index in [2.05, 4.69) is 15.5 Å². The minimum Gasteiger partial charge on any atom is -0.342 e. The summed E-state index contributed by atoms with van der Waals surface area (Å²) in [6, 6.07) is 0. The monoisotopic (exact) mass is 283 g/mol. The lowest BCUT2D eigenvalue weighted by atomic mass is 9.94. The van der Waals surface area contributed by atoms with Gasteiger partial charge in [-0.15, -0.1) is 24.8 Å². The summed E-state index contributed by atoms with van der Waals surface area (Å²) < 4.78 is 0. The first kappa shape index (κ1) is 17.0. The first-order valence-corrected chi connectivity index (χ1v) is 5.95. The molecule has 0 saturated carbocycles. The number of carbonyl (C=O) groups is 1. The van der Waals surface area contributed by atoms with Gasteiger partial charge in [0.1, 0.15) is 0 Å². The number of rotatable bonds is 3. The van der Waals surface area contributed by atoms with Crippen LogP contribution < -0.4 is 10.6 Å². The van der Waals surface area contributed by atoms with Crippen LogP contribution in [-0.2, 0) is 4.79 Å². The van der Waals surface area contributed by atoms with Gasteiger partial charge in [-0.05, 0) is 32.4 Å². The molecule has 2 heterocycles. The van der Waals surface area contributed by atoms with Crippen molar-refractivity contribution in [3.05, 3.63) is 0 Å². The van der Waals surface area contributed by atoms with E-state index in [0.717, 1.165) is 51.5 Å². The second kappa shape index (κ2) is 8.14. The summed E-state index contributed by atoms with van der Waals surface area (Å²) in [5.74, 6) is 1.40. The summed E-state index contributed by atoms with van der Waals surface area (Å²) in [7, 11) is 2.00. The Morgan fingerprint density at radius 2 is 1.88 bits per heavy atom. The van der Waals surface area contributed by atoms with Gasteiger partial charge in [-0.25, -0.2) is 0 Å². The SMILES string of the molecule is CNCC1CCN(C(=O)C2CNC2)CC1.Cl.Cl. The molecule has 0 unspecified atom stereocenters. The highest BCUT2D eigenvalue weighted by Gasteiger charge is 2.31. The van der Waals surface area contributed by atoms with Gasteiger partial charge >= 0.3 is 0 Å². The Labute approximate surface area is 116 Å². The zero-order valence-electron chi connectivity index (χ0n) is 10.3. The highest BCUT2D eigenvalue weighted by atomic mass is 35.5. The average Bonchev–Trinajstić information content (AvgIpc) is 2.16. The number of halogens is 2. The topological polar surface area (TPSA) is 44.4 Å². The molecule has 0 aliphatic carbocycles. The second-order valence-electron chi connectivity index (χ2n) is 4.68. The van der Waals surface area contributed by atoms with Gasteiger partial charge in [0, 0.05) is 26.2 Å². The first-order valence-electron chi connectivity index (χ1n) is 5.95. The smallest absolute Gasteiger partial charge is 0.228 e. The maximum absolute atomic E-state index is 11.9. The normalized spacial score (nSPS) is 21.1. The standard InChI is InChI=1S/C11H21N3O.2ClH/c1-12-6-9-2-4-14(5-3-9)11(15)10-7-13-8-10;;/h9-10,12-13H,2-8H2,1H3;2*1H. The Balaban J connectivity index is 0.00000128. The highest BCUT2D eigenvalue weighted by molar-refractivity contribution is 5.85. The molecule has 0 atom stereocenters. The molecule has 17 heavy (non-hydrogen) atoms. The molecule has 0 spiro atoms. The van der Waals surface area contributed by atoms with Crippen LogP contribution in [0.4, 0.5) is 0 Å². The molecule has 4 nitrogen and oxygen atoms in total. The van der Waals surface area contributed by atoms with E-state index in [9.17, 15) is 4.79 Å². The van der Waals surface area contributed by atoms with Gasteiger partial charge in [-0.2, -0.15) is 0 Å². The fraction of sp³-hybridized carbons (Fsp3) is 0.909. The number of nitrogens with zero attached hydrogens (tertiary/aromatic N) is 1. The third kappa shape index (κ3) is 4.28. The minimum atomic E-state index is 0. The lowest BCUT2D eigenvalue weighted by molar-refractivity contribution is -0.138. The van der Waals surface area contributed by atoms with Crippen molar-refractivity contribution in [2.45, 2.75) is 12.8 Å². The molecule has 0 radical (unpaired) electrons. The maximum Gasteiger partial charge on any atom is 0.228 e. The van der Waals surface area contributed by atoms with Crippen LogP contribution >= 0.6 is 24.8 Å². The Hall–Kier alpha value is -0.0300. The van der Waals surface area contributed by atoms with Crippen molar-refractivity contribution in [2.24, 2.45) is 11.8 Å². The molecule has 0 aromatic carbocycles. The predicted octanol–water partition coefficient (Wildman–Crippen LogP) is 0.507. The molecule has 1 amide bonds. The lowest BCUT2D eigenvalue weighted by Crippen LogP contribution is -2.53. The number of carbonyl (C=O) groups excluding carboxylic acids is 1. The Kier molecular flexibility index (Phi) is 8.12. The number of hydrogen-bond donors (Lipinski definition) is 2. The van der Waals surface area contributed by atoms with E-state index in [1.54, 1.807) is 0 Å². The van der Waals surface area contributed by atoms with Crippen molar-refractivity contribution in [3.8, 4) is 0 Å². The summed E-state index contributed by atoms with van der Waals surface area (Å²) in [6.45, 7) is 4.78. The fourth-order valence-corrected chi connectivity index (χ4v) is 2.37. The van der Waals surface area contributed by atoms with Crippen LogP contribution in [0, 0.1) is 11.8 Å². The summed E-state index contributed by atoms with van der Waals surface area (Å²) in [6.07, 6.45) is 2.32. The van der Waals surface area contributed by atoms with Crippen LogP contribution in [0.5, 0.6) is 0 Å². The Morgan fingerprint density at radius 3 is 2.29 bits per heavy atom. The van der Waals surface area contributed by atoms with Crippen molar-refractivity contribution in [3.63, 3.8) is 0 Å². The molecule has 0 aromatic rings. The molecule has 2 fully saturated rings. The van der Waals surface area contributed by atoms with Gasteiger partial charge < -0.3 is 15.5 Å².